The number of rotatable bonds is 6. The first-order valence-electron chi connectivity index (χ1n) is 7.60. The van der Waals surface area contributed by atoms with Gasteiger partial charge in [-0.1, -0.05) is 0 Å². The summed E-state index contributed by atoms with van der Waals surface area (Å²) in [5.41, 5.74) is 1.96. The number of carbonyl (C=O) groups excluding carboxylic acids is 2. The molecule has 0 atom stereocenters. The molecule has 0 bridgehead atoms. The van der Waals surface area contributed by atoms with Crippen molar-refractivity contribution in [2.75, 3.05) is 14.2 Å². The number of esters is 2. The Bertz CT molecular complexity index is 938. The molecule has 3 aromatic heterocycles. The highest BCUT2D eigenvalue weighted by molar-refractivity contribution is 14.1. The van der Waals surface area contributed by atoms with E-state index in [1.807, 2.05) is 17.5 Å². The zero-order valence-electron chi connectivity index (χ0n) is 14.0. The van der Waals surface area contributed by atoms with Gasteiger partial charge in [0, 0.05) is 19.5 Å². The monoisotopic (exact) mass is 518 g/mol. The van der Waals surface area contributed by atoms with Gasteiger partial charge in [-0.15, -0.1) is 34.0 Å². The first-order valence-corrected chi connectivity index (χ1v) is 11.2. The summed E-state index contributed by atoms with van der Waals surface area (Å²) < 4.78 is 10.7. The van der Waals surface area contributed by atoms with Crippen molar-refractivity contribution < 1.29 is 19.1 Å². The third kappa shape index (κ3) is 4.36. The van der Waals surface area contributed by atoms with Gasteiger partial charge in [0.15, 0.2) is 0 Å². The second-order valence-corrected chi connectivity index (χ2v) is 10.3. The molecule has 0 aromatic carbocycles. The van der Waals surface area contributed by atoms with E-state index < -0.39 is 0 Å². The van der Waals surface area contributed by atoms with Gasteiger partial charge in [-0.05, 0) is 63.4 Å². The number of thiophene rings is 3. The van der Waals surface area contributed by atoms with Crippen LogP contribution in [0.2, 0.25) is 0 Å². The molecule has 0 radical (unpaired) electrons. The van der Waals surface area contributed by atoms with E-state index in [0.717, 1.165) is 33.5 Å². The average Bonchev–Trinajstić information content (AvgIpc) is 3.34. The van der Waals surface area contributed by atoms with Gasteiger partial charge in [0.25, 0.3) is 0 Å². The molecule has 3 heterocycles. The lowest BCUT2D eigenvalue weighted by Crippen LogP contribution is -2.04. The van der Waals surface area contributed by atoms with Crippen LogP contribution in [-0.4, -0.2) is 26.2 Å². The first kappa shape index (κ1) is 19.5. The molecule has 0 aliphatic heterocycles. The highest BCUT2D eigenvalue weighted by atomic mass is 127. The molecule has 0 aliphatic carbocycles. The maximum absolute atomic E-state index is 11.7. The maximum atomic E-state index is 11.7. The van der Waals surface area contributed by atoms with Crippen molar-refractivity contribution in [3.8, 4) is 19.5 Å². The van der Waals surface area contributed by atoms with E-state index in [0.29, 0.717) is 0 Å². The zero-order chi connectivity index (χ0) is 18.7. The fourth-order valence-corrected chi connectivity index (χ4v) is 6.65. The Morgan fingerprint density at radius 1 is 0.923 bits per heavy atom. The van der Waals surface area contributed by atoms with Gasteiger partial charge < -0.3 is 9.47 Å². The van der Waals surface area contributed by atoms with Crippen LogP contribution < -0.4 is 0 Å². The predicted molar refractivity (Wildman–Crippen MR) is 115 cm³/mol. The van der Waals surface area contributed by atoms with Crippen molar-refractivity contribution in [3.63, 3.8) is 0 Å². The van der Waals surface area contributed by atoms with Crippen LogP contribution in [-0.2, 0) is 31.9 Å². The van der Waals surface area contributed by atoms with Crippen molar-refractivity contribution in [2.45, 2.75) is 12.8 Å². The van der Waals surface area contributed by atoms with Crippen molar-refractivity contribution in [1.29, 1.82) is 0 Å². The summed E-state index contributed by atoms with van der Waals surface area (Å²) in [7, 11) is 2.81. The molecule has 0 spiro atoms. The SMILES string of the molecule is COC(=O)Cc1ccsc1-c1ccc(-c2sc(I)cc2CC(=O)OC)s1. The molecule has 0 fully saturated rings. The van der Waals surface area contributed by atoms with Crippen LogP contribution in [0.4, 0.5) is 0 Å². The Hall–Kier alpha value is -1.23. The normalized spacial score (nSPS) is 10.7. The largest absolute Gasteiger partial charge is 0.469 e. The van der Waals surface area contributed by atoms with Crippen molar-refractivity contribution in [3.05, 3.63) is 43.7 Å². The molecule has 8 heteroatoms. The summed E-state index contributed by atoms with van der Waals surface area (Å²) in [5, 5.41) is 1.99. The topological polar surface area (TPSA) is 52.6 Å². The zero-order valence-corrected chi connectivity index (χ0v) is 18.6. The average molecular weight is 518 g/mol. The lowest BCUT2D eigenvalue weighted by Gasteiger charge is -2.02. The minimum Gasteiger partial charge on any atom is -0.469 e. The molecule has 3 rings (SSSR count). The van der Waals surface area contributed by atoms with Gasteiger partial charge >= 0.3 is 11.9 Å². The van der Waals surface area contributed by atoms with Crippen LogP contribution in [0, 0.1) is 2.88 Å². The summed E-state index contributed by atoms with van der Waals surface area (Å²) in [6.45, 7) is 0. The van der Waals surface area contributed by atoms with E-state index in [9.17, 15) is 9.59 Å². The fraction of sp³-hybridized carbons (Fsp3) is 0.222. The van der Waals surface area contributed by atoms with Crippen molar-refractivity contribution in [1.82, 2.24) is 0 Å². The molecule has 26 heavy (non-hydrogen) atoms. The quantitative estimate of drug-likeness (QED) is 0.331. The van der Waals surface area contributed by atoms with Gasteiger partial charge in [-0.2, -0.15) is 0 Å². The van der Waals surface area contributed by atoms with E-state index in [2.05, 4.69) is 34.7 Å². The van der Waals surface area contributed by atoms with Gasteiger partial charge in [0.2, 0.25) is 0 Å². The van der Waals surface area contributed by atoms with Crippen LogP contribution >= 0.6 is 56.6 Å². The number of halogens is 1. The maximum Gasteiger partial charge on any atom is 0.310 e. The molecule has 0 aliphatic rings. The highest BCUT2D eigenvalue weighted by Crippen LogP contribution is 2.42. The van der Waals surface area contributed by atoms with E-state index in [4.69, 9.17) is 9.47 Å². The molecule has 0 saturated heterocycles. The summed E-state index contributed by atoms with van der Waals surface area (Å²) >= 11 is 7.23. The summed E-state index contributed by atoms with van der Waals surface area (Å²) in [6.07, 6.45) is 0.540. The van der Waals surface area contributed by atoms with E-state index in [1.165, 1.54) is 14.2 Å². The van der Waals surface area contributed by atoms with Crippen LogP contribution in [0.1, 0.15) is 11.1 Å². The molecular weight excluding hydrogens is 503 g/mol. The van der Waals surface area contributed by atoms with Gasteiger partial charge in [0.05, 0.1) is 29.9 Å². The molecule has 4 nitrogen and oxygen atoms in total. The third-order valence-electron chi connectivity index (χ3n) is 3.70. The lowest BCUT2D eigenvalue weighted by molar-refractivity contribution is -0.140. The van der Waals surface area contributed by atoms with Crippen LogP contribution in [0.5, 0.6) is 0 Å². The Balaban J connectivity index is 1.91. The second kappa shape index (κ2) is 8.64. The van der Waals surface area contributed by atoms with Crippen LogP contribution in [0.25, 0.3) is 19.5 Å². The molecule has 3 aromatic rings. The fourth-order valence-electron chi connectivity index (χ4n) is 2.46. The van der Waals surface area contributed by atoms with E-state index >= 15 is 0 Å². The van der Waals surface area contributed by atoms with Crippen LogP contribution in [0.3, 0.4) is 0 Å². The third-order valence-corrected chi connectivity index (χ3v) is 8.04. The Morgan fingerprint density at radius 3 is 2.19 bits per heavy atom. The Morgan fingerprint density at radius 2 is 1.54 bits per heavy atom. The molecular formula is C18H15IO4S3. The number of hydrogen-bond donors (Lipinski definition) is 0. The highest BCUT2D eigenvalue weighted by Gasteiger charge is 2.18. The second-order valence-electron chi connectivity index (χ2n) is 5.35. The molecule has 0 saturated carbocycles. The lowest BCUT2D eigenvalue weighted by atomic mass is 10.1. The summed E-state index contributed by atoms with van der Waals surface area (Å²) in [6, 6.07) is 8.14. The van der Waals surface area contributed by atoms with Crippen LogP contribution in [0.15, 0.2) is 29.6 Å². The predicted octanol–water partition coefficient (Wildman–Crippen LogP) is 5.24. The van der Waals surface area contributed by atoms with Crippen molar-refractivity contribution in [2.24, 2.45) is 0 Å². The van der Waals surface area contributed by atoms with E-state index in [1.54, 1.807) is 34.0 Å². The standard InChI is InChI=1S/C18H15IO4S3/c1-22-15(20)8-10-5-6-24-17(10)12-3-4-13(25-12)18-11(7-14(19)26-18)9-16(21)23-2/h3-7H,8-9H2,1-2H3. The molecule has 136 valence electrons. The van der Waals surface area contributed by atoms with E-state index in [-0.39, 0.29) is 24.8 Å². The Kier molecular flexibility index (Phi) is 6.49. The Labute approximate surface area is 176 Å². The van der Waals surface area contributed by atoms with Gasteiger partial charge in [-0.3, -0.25) is 9.59 Å². The summed E-state index contributed by atoms with van der Waals surface area (Å²) in [5.74, 6) is -0.481. The summed E-state index contributed by atoms with van der Waals surface area (Å²) in [4.78, 5) is 27.7. The number of methoxy groups -OCH3 is 2. The minimum absolute atomic E-state index is 0.240. The molecule has 0 N–H and O–H groups in total. The van der Waals surface area contributed by atoms with Crippen molar-refractivity contribution >= 4 is 68.5 Å². The van der Waals surface area contributed by atoms with Gasteiger partial charge in [0.1, 0.15) is 0 Å². The first-order chi connectivity index (χ1) is 12.5. The molecule has 0 unspecified atom stereocenters. The number of ether oxygens (including phenoxy) is 2. The van der Waals surface area contributed by atoms with Gasteiger partial charge in [-0.25, -0.2) is 0 Å². The minimum atomic E-state index is -0.241. The number of hydrogen-bond acceptors (Lipinski definition) is 7. The molecule has 0 amide bonds. The number of carbonyl (C=O) groups is 2. The smallest absolute Gasteiger partial charge is 0.310 e.